The van der Waals surface area contributed by atoms with Crippen LogP contribution in [0.15, 0.2) is 29.8 Å². The SMILES string of the molecule is CNCc1cccc(C)c1OCc1nccs1. The first-order valence-electron chi connectivity index (χ1n) is 5.55. The molecule has 0 spiro atoms. The Kier molecular flexibility index (Phi) is 4.12. The van der Waals surface area contributed by atoms with Crippen molar-refractivity contribution >= 4 is 11.3 Å². The van der Waals surface area contributed by atoms with E-state index in [1.165, 1.54) is 5.56 Å². The summed E-state index contributed by atoms with van der Waals surface area (Å²) >= 11 is 1.62. The van der Waals surface area contributed by atoms with Crippen molar-refractivity contribution in [2.24, 2.45) is 0 Å². The summed E-state index contributed by atoms with van der Waals surface area (Å²) in [7, 11) is 1.94. The number of para-hydroxylation sites is 1. The smallest absolute Gasteiger partial charge is 0.140 e. The van der Waals surface area contributed by atoms with Gasteiger partial charge in [0, 0.05) is 23.7 Å². The van der Waals surface area contributed by atoms with E-state index in [2.05, 4.69) is 35.4 Å². The highest BCUT2D eigenvalue weighted by molar-refractivity contribution is 7.09. The number of benzene rings is 1. The molecule has 0 aliphatic carbocycles. The molecule has 1 aromatic carbocycles. The number of aromatic nitrogens is 1. The molecule has 1 heterocycles. The summed E-state index contributed by atoms with van der Waals surface area (Å²) in [5, 5.41) is 6.12. The second kappa shape index (κ2) is 5.80. The molecule has 0 unspecified atom stereocenters. The van der Waals surface area contributed by atoms with Gasteiger partial charge in [0.05, 0.1) is 0 Å². The van der Waals surface area contributed by atoms with E-state index >= 15 is 0 Å². The summed E-state index contributed by atoms with van der Waals surface area (Å²) in [6, 6.07) is 6.20. The van der Waals surface area contributed by atoms with E-state index < -0.39 is 0 Å². The Bertz CT molecular complexity index is 468. The lowest BCUT2D eigenvalue weighted by Crippen LogP contribution is -2.08. The molecule has 0 saturated heterocycles. The molecule has 0 atom stereocenters. The molecule has 2 rings (SSSR count). The Morgan fingerprint density at radius 3 is 3.00 bits per heavy atom. The Labute approximate surface area is 105 Å². The maximum absolute atomic E-state index is 5.87. The number of hydrogen-bond donors (Lipinski definition) is 1. The average molecular weight is 248 g/mol. The second-order valence-corrected chi connectivity index (χ2v) is 4.79. The third-order valence-electron chi connectivity index (χ3n) is 2.48. The molecule has 0 fully saturated rings. The third kappa shape index (κ3) is 3.05. The maximum Gasteiger partial charge on any atom is 0.140 e. The van der Waals surface area contributed by atoms with Gasteiger partial charge in [-0.3, -0.25) is 0 Å². The van der Waals surface area contributed by atoms with E-state index in [1.54, 1.807) is 17.5 Å². The van der Waals surface area contributed by atoms with E-state index in [-0.39, 0.29) is 0 Å². The van der Waals surface area contributed by atoms with E-state index in [0.717, 1.165) is 22.9 Å². The minimum absolute atomic E-state index is 0.541. The first-order chi connectivity index (χ1) is 8.31. The first kappa shape index (κ1) is 12.1. The Morgan fingerprint density at radius 1 is 1.41 bits per heavy atom. The van der Waals surface area contributed by atoms with Crippen molar-refractivity contribution < 1.29 is 4.74 Å². The normalized spacial score (nSPS) is 10.5. The van der Waals surface area contributed by atoms with E-state index in [0.29, 0.717) is 6.61 Å². The fourth-order valence-corrected chi connectivity index (χ4v) is 2.24. The van der Waals surface area contributed by atoms with Crippen LogP contribution in [-0.4, -0.2) is 12.0 Å². The van der Waals surface area contributed by atoms with Gasteiger partial charge in [-0.2, -0.15) is 0 Å². The average Bonchev–Trinajstić information content (AvgIpc) is 2.82. The van der Waals surface area contributed by atoms with Gasteiger partial charge in [0.25, 0.3) is 0 Å². The fourth-order valence-electron chi connectivity index (χ4n) is 1.71. The number of thiazole rings is 1. The Morgan fingerprint density at radius 2 is 2.29 bits per heavy atom. The van der Waals surface area contributed by atoms with Crippen LogP contribution in [0, 0.1) is 6.92 Å². The Balaban J connectivity index is 2.13. The molecule has 1 N–H and O–H groups in total. The van der Waals surface area contributed by atoms with Crippen LogP contribution in [0.25, 0.3) is 0 Å². The van der Waals surface area contributed by atoms with Crippen LogP contribution in [0.4, 0.5) is 0 Å². The van der Waals surface area contributed by atoms with Crippen molar-refractivity contribution in [3.05, 3.63) is 45.9 Å². The number of nitrogens with zero attached hydrogens (tertiary/aromatic N) is 1. The minimum atomic E-state index is 0.541. The zero-order valence-corrected chi connectivity index (χ0v) is 10.9. The van der Waals surface area contributed by atoms with Gasteiger partial charge in [-0.25, -0.2) is 4.98 Å². The van der Waals surface area contributed by atoms with Crippen molar-refractivity contribution in [3.63, 3.8) is 0 Å². The standard InChI is InChI=1S/C13H16N2OS/c1-10-4-3-5-11(8-14-2)13(10)16-9-12-15-6-7-17-12/h3-7,14H,8-9H2,1-2H3. The number of hydrogen-bond acceptors (Lipinski definition) is 4. The molecule has 2 aromatic rings. The summed E-state index contributed by atoms with van der Waals surface area (Å²) in [6.45, 7) is 3.42. The van der Waals surface area contributed by atoms with Gasteiger partial charge >= 0.3 is 0 Å². The topological polar surface area (TPSA) is 34.1 Å². The zero-order valence-electron chi connectivity index (χ0n) is 10.1. The van der Waals surface area contributed by atoms with Gasteiger partial charge < -0.3 is 10.1 Å². The molecule has 3 nitrogen and oxygen atoms in total. The molecule has 0 bridgehead atoms. The van der Waals surface area contributed by atoms with Crippen LogP contribution < -0.4 is 10.1 Å². The summed E-state index contributed by atoms with van der Waals surface area (Å²) in [5.74, 6) is 0.969. The minimum Gasteiger partial charge on any atom is -0.486 e. The number of rotatable bonds is 5. The van der Waals surface area contributed by atoms with Crippen LogP contribution in [0.1, 0.15) is 16.1 Å². The summed E-state index contributed by atoms with van der Waals surface area (Å²) in [5.41, 5.74) is 2.35. The number of ether oxygens (including phenoxy) is 1. The first-order valence-corrected chi connectivity index (χ1v) is 6.43. The quantitative estimate of drug-likeness (QED) is 0.883. The predicted molar refractivity (Wildman–Crippen MR) is 70.4 cm³/mol. The van der Waals surface area contributed by atoms with Crippen LogP contribution in [-0.2, 0) is 13.2 Å². The highest BCUT2D eigenvalue weighted by atomic mass is 32.1. The lowest BCUT2D eigenvalue weighted by atomic mass is 10.1. The van der Waals surface area contributed by atoms with Crippen molar-refractivity contribution in [1.82, 2.24) is 10.3 Å². The van der Waals surface area contributed by atoms with E-state index in [4.69, 9.17) is 4.74 Å². The van der Waals surface area contributed by atoms with Crippen molar-refractivity contribution in [1.29, 1.82) is 0 Å². The predicted octanol–water partition coefficient (Wildman–Crippen LogP) is 2.75. The molecule has 0 radical (unpaired) electrons. The molecular weight excluding hydrogens is 232 g/mol. The van der Waals surface area contributed by atoms with Crippen molar-refractivity contribution in [2.45, 2.75) is 20.1 Å². The van der Waals surface area contributed by atoms with Crippen molar-refractivity contribution in [2.75, 3.05) is 7.05 Å². The van der Waals surface area contributed by atoms with Gasteiger partial charge in [0.1, 0.15) is 17.4 Å². The lowest BCUT2D eigenvalue weighted by Gasteiger charge is -2.13. The monoisotopic (exact) mass is 248 g/mol. The fraction of sp³-hybridized carbons (Fsp3) is 0.308. The van der Waals surface area contributed by atoms with Gasteiger partial charge in [-0.1, -0.05) is 18.2 Å². The third-order valence-corrected chi connectivity index (χ3v) is 3.24. The summed E-state index contributed by atoms with van der Waals surface area (Å²) in [4.78, 5) is 4.21. The zero-order chi connectivity index (χ0) is 12.1. The van der Waals surface area contributed by atoms with Crippen LogP contribution in [0.5, 0.6) is 5.75 Å². The van der Waals surface area contributed by atoms with Crippen LogP contribution in [0.3, 0.4) is 0 Å². The second-order valence-electron chi connectivity index (χ2n) is 3.81. The molecular formula is C13H16N2OS. The van der Waals surface area contributed by atoms with E-state index in [1.807, 2.05) is 12.4 Å². The molecule has 0 amide bonds. The molecule has 1 aromatic heterocycles. The molecule has 4 heteroatoms. The molecule has 90 valence electrons. The Hall–Kier alpha value is -1.39. The maximum atomic E-state index is 5.87. The molecule has 0 aliphatic heterocycles. The highest BCUT2D eigenvalue weighted by Gasteiger charge is 2.07. The summed E-state index contributed by atoms with van der Waals surface area (Å²) < 4.78 is 5.87. The van der Waals surface area contributed by atoms with Gasteiger partial charge in [-0.05, 0) is 19.5 Å². The largest absolute Gasteiger partial charge is 0.486 e. The molecule has 0 saturated carbocycles. The van der Waals surface area contributed by atoms with Crippen LogP contribution in [0.2, 0.25) is 0 Å². The number of aryl methyl sites for hydroxylation is 1. The van der Waals surface area contributed by atoms with E-state index in [9.17, 15) is 0 Å². The highest BCUT2D eigenvalue weighted by Crippen LogP contribution is 2.24. The lowest BCUT2D eigenvalue weighted by molar-refractivity contribution is 0.299. The van der Waals surface area contributed by atoms with Gasteiger partial charge in [0.15, 0.2) is 0 Å². The molecule has 0 aliphatic rings. The van der Waals surface area contributed by atoms with Gasteiger partial charge in [-0.15, -0.1) is 11.3 Å². The van der Waals surface area contributed by atoms with Crippen LogP contribution >= 0.6 is 11.3 Å². The van der Waals surface area contributed by atoms with Gasteiger partial charge in [0.2, 0.25) is 0 Å². The van der Waals surface area contributed by atoms with Crippen molar-refractivity contribution in [3.8, 4) is 5.75 Å². The number of nitrogens with one attached hydrogen (secondary N) is 1. The molecule has 17 heavy (non-hydrogen) atoms. The summed E-state index contributed by atoms with van der Waals surface area (Å²) in [6.07, 6.45) is 1.80.